The first-order chi connectivity index (χ1) is 11.1. The molecule has 2 N–H and O–H groups in total. The second-order valence-electron chi connectivity index (χ2n) is 5.21. The molecule has 0 bridgehead atoms. The second-order valence-corrected chi connectivity index (χ2v) is 5.21. The summed E-state index contributed by atoms with van der Waals surface area (Å²) < 4.78 is 0. The van der Waals surface area contributed by atoms with E-state index in [-0.39, 0.29) is 29.2 Å². The van der Waals surface area contributed by atoms with Gasteiger partial charge in [-0.1, -0.05) is 30.3 Å². The van der Waals surface area contributed by atoms with E-state index < -0.39 is 0 Å². The summed E-state index contributed by atoms with van der Waals surface area (Å²) in [6, 6.07) is 9.47. The van der Waals surface area contributed by atoms with Crippen LogP contribution in [0, 0.1) is 0 Å². The number of benzene rings is 1. The highest BCUT2D eigenvalue weighted by molar-refractivity contribution is 6.04. The van der Waals surface area contributed by atoms with Crippen molar-refractivity contribution in [2.45, 2.75) is 26.8 Å². The molecular formula is C17H22N4O2. The molecule has 2 amide bonds. The molecule has 1 aromatic heterocycles. The van der Waals surface area contributed by atoms with Crippen LogP contribution in [0.5, 0.6) is 0 Å². The Labute approximate surface area is 135 Å². The van der Waals surface area contributed by atoms with Crippen molar-refractivity contribution in [3.8, 4) is 0 Å². The molecule has 0 radical (unpaired) electrons. The van der Waals surface area contributed by atoms with Crippen LogP contribution in [-0.2, 0) is 0 Å². The molecule has 0 spiro atoms. The number of H-pyrrole nitrogens is 1. The summed E-state index contributed by atoms with van der Waals surface area (Å²) in [4.78, 5) is 33.3. The van der Waals surface area contributed by atoms with Gasteiger partial charge in [-0.25, -0.2) is 4.98 Å². The smallest absolute Gasteiger partial charge is 0.272 e. The number of nitrogens with zero attached hydrogens (tertiary/aromatic N) is 2. The molecule has 23 heavy (non-hydrogen) atoms. The van der Waals surface area contributed by atoms with Crippen molar-refractivity contribution in [1.29, 1.82) is 0 Å². The van der Waals surface area contributed by atoms with Gasteiger partial charge in [0, 0.05) is 13.1 Å². The molecule has 6 heteroatoms. The minimum atomic E-state index is -0.363. The zero-order valence-electron chi connectivity index (χ0n) is 13.7. The van der Waals surface area contributed by atoms with Crippen molar-refractivity contribution in [3.63, 3.8) is 0 Å². The highest BCUT2D eigenvalue weighted by Crippen LogP contribution is 2.13. The van der Waals surface area contributed by atoms with Crippen LogP contribution in [0.15, 0.2) is 36.7 Å². The molecule has 0 saturated heterocycles. The Morgan fingerprint density at radius 1 is 1.22 bits per heavy atom. The van der Waals surface area contributed by atoms with Crippen molar-refractivity contribution in [1.82, 2.24) is 20.2 Å². The zero-order valence-corrected chi connectivity index (χ0v) is 13.7. The summed E-state index contributed by atoms with van der Waals surface area (Å²) in [6.45, 7) is 6.85. The predicted octanol–water partition coefficient (Wildman–Crippen LogP) is 2.38. The van der Waals surface area contributed by atoms with E-state index >= 15 is 0 Å². The molecule has 0 aliphatic heterocycles. The highest BCUT2D eigenvalue weighted by atomic mass is 16.2. The fourth-order valence-electron chi connectivity index (χ4n) is 2.39. The fourth-order valence-corrected chi connectivity index (χ4v) is 2.39. The van der Waals surface area contributed by atoms with Crippen LogP contribution >= 0.6 is 0 Å². The number of aromatic amines is 1. The quantitative estimate of drug-likeness (QED) is 0.859. The van der Waals surface area contributed by atoms with Gasteiger partial charge in [0.15, 0.2) is 5.69 Å². The lowest BCUT2D eigenvalue weighted by Gasteiger charge is -2.18. The summed E-state index contributed by atoms with van der Waals surface area (Å²) in [5.41, 5.74) is 1.35. The third-order valence-corrected chi connectivity index (χ3v) is 3.77. The molecule has 6 nitrogen and oxygen atoms in total. The Morgan fingerprint density at radius 2 is 1.87 bits per heavy atom. The van der Waals surface area contributed by atoms with Crippen LogP contribution in [-0.4, -0.2) is 39.8 Å². The van der Waals surface area contributed by atoms with Gasteiger partial charge in [0.05, 0.1) is 12.4 Å². The van der Waals surface area contributed by atoms with E-state index in [1.165, 1.54) is 6.33 Å². The Kier molecular flexibility index (Phi) is 5.51. The molecular weight excluding hydrogens is 292 g/mol. The van der Waals surface area contributed by atoms with Crippen LogP contribution in [0.4, 0.5) is 0 Å². The van der Waals surface area contributed by atoms with Gasteiger partial charge in [0.1, 0.15) is 5.69 Å². The Balaban J connectivity index is 2.15. The van der Waals surface area contributed by atoms with Crippen LogP contribution in [0.3, 0.4) is 0 Å². The number of amides is 2. The molecule has 2 rings (SSSR count). The number of hydrogen-bond acceptors (Lipinski definition) is 3. The summed E-state index contributed by atoms with van der Waals surface area (Å²) in [5, 5.41) is 2.88. The molecule has 1 atom stereocenters. The first-order valence-corrected chi connectivity index (χ1v) is 7.76. The van der Waals surface area contributed by atoms with E-state index in [0.29, 0.717) is 13.1 Å². The maximum atomic E-state index is 12.4. The van der Waals surface area contributed by atoms with E-state index in [1.807, 2.05) is 51.1 Å². The SMILES string of the molecule is CCN(CC)C(=O)c1[nH]cnc1C(=O)N[C@H](C)c1ccccc1. The summed E-state index contributed by atoms with van der Waals surface area (Å²) in [5.74, 6) is -0.580. The van der Waals surface area contributed by atoms with Gasteiger partial charge in [-0.05, 0) is 26.3 Å². The molecule has 0 fully saturated rings. The number of carbonyl (C=O) groups excluding carboxylic acids is 2. The van der Waals surface area contributed by atoms with Gasteiger partial charge >= 0.3 is 0 Å². The van der Waals surface area contributed by atoms with Crippen molar-refractivity contribution in [3.05, 3.63) is 53.6 Å². The van der Waals surface area contributed by atoms with Crippen molar-refractivity contribution >= 4 is 11.8 Å². The number of rotatable bonds is 6. The largest absolute Gasteiger partial charge is 0.344 e. The lowest BCUT2D eigenvalue weighted by Crippen LogP contribution is -2.34. The minimum absolute atomic E-state index is 0.129. The average molecular weight is 314 g/mol. The zero-order chi connectivity index (χ0) is 16.8. The van der Waals surface area contributed by atoms with E-state index in [1.54, 1.807) is 4.90 Å². The molecule has 2 aromatic rings. The normalized spacial score (nSPS) is 11.8. The molecule has 0 aliphatic carbocycles. The number of carbonyl (C=O) groups is 2. The monoisotopic (exact) mass is 314 g/mol. The maximum absolute atomic E-state index is 12.4. The molecule has 0 saturated carbocycles. The summed E-state index contributed by atoms with van der Waals surface area (Å²) in [6.07, 6.45) is 1.37. The molecule has 122 valence electrons. The number of imidazole rings is 1. The average Bonchev–Trinajstić information content (AvgIpc) is 3.06. The van der Waals surface area contributed by atoms with Crippen LogP contribution in [0.2, 0.25) is 0 Å². The minimum Gasteiger partial charge on any atom is -0.344 e. The first-order valence-electron chi connectivity index (χ1n) is 7.76. The van der Waals surface area contributed by atoms with Crippen LogP contribution in [0.25, 0.3) is 0 Å². The van der Waals surface area contributed by atoms with E-state index in [9.17, 15) is 9.59 Å². The fraction of sp³-hybridized carbons (Fsp3) is 0.353. The van der Waals surface area contributed by atoms with Gasteiger partial charge in [-0.3, -0.25) is 9.59 Å². The van der Waals surface area contributed by atoms with Gasteiger partial charge in [-0.15, -0.1) is 0 Å². The van der Waals surface area contributed by atoms with Crippen LogP contribution < -0.4 is 5.32 Å². The Bertz CT molecular complexity index is 662. The molecule has 0 unspecified atom stereocenters. The van der Waals surface area contributed by atoms with Crippen LogP contribution in [0.1, 0.15) is 53.4 Å². The lowest BCUT2D eigenvalue weighted by molar-refractivity contribution is 0.0759. The number of nitrogens with one attached hydrogen (secondary N) is 2. The number of aromatic nitrogens is 2. The second kappa shape index (κ2) is 7.58. The molecule has 1 heterocycles. The van der Waals surface area contributed by atoms with Gasteiger partial charge in [-0.2, -0.15) is 0 Å². The van der Waals surface area contributed by atoms with Crippen molar-refractivity contribution in [2.75, 3.05) is 13.1 Å². The third-order valence-electron chi connectivity index (χ3n) is 3.77. The summed E-state index contributed by atoms with van der Waals surface area (Å²) in [7, 11) is 0. The third kappa shape index (κ3) is 3.77. The molecule has 0 aliphatic rings. The molecule has 1 aromatic carbocycles. The van der Waals surface area contributed by atoms with E-state index in [4.69, 9.17) is 0 Å². The maximum Gasteiger partial charge on any atom is 0.272 e. The summed E-state index contributed by atoms with van der Waals surface area (Å²) >= 11 is 0. The van der Waals surface area contributed by atoms with Gasteiger partial charge in [0.25, 0.3) is 11.8 Å². The topological polar surface area (TPSA) is 78.1 Å². The van der Waals surface area contributed by atoms with E-state index in [2.05, 4.69) is 15.3 Å². The van der Waals surface area contributed by atoms with Crippen molar-refractivity contribution in [2.24, 2.45) is 0 Å². The number of hydrogen-bond donors (Lipinski definition) is 2. The highest BCUT2D eigenvalue weighted by Gasteiger charge is 2.24. The first kappa shape index (κ1) is 16.7. The van der Waals surface area contributed by atoms with Gasteiger partial charge < -0.3 is 15.2 Å². The van der Waals surface area contributed by atoms with E-state index in [0.717, 1.165) is 5.56 Å². The van der Waals surface area contributed by atoms with Gasteiger partial charge in [0.2, 0.25) is 0 Å². The standard InChI is InChI=1S/C17H22N4O2/c1-4-21(5-2)17(23)15-14(18-11-19-15)16(22)20-12(3)13-9-7-6-8-10-13/h6-12H,4-5H2,1-3H3,(H,18,19)(H,20,22)/t12-/m1/s1. The lowest BCUT2D eigenvalue weighted by atomic mass is 10.1. The predicted molar refractivity (Wildman–Crippen MR) is 88.2 cm³/mol. The Morgan fingerprint density at radius 3 is 2.48 bits per heavy atom. The Hall–Kier alpha value is -2.63. The van der Waals surface area contributed by atoms with Crippen molar-refractivity contribution < 1.29 is 9.59 Å².